The zero-order valence-corrected chi connectivity index (χ0v) is 9.04. The molecule has 4 nitrogen and oxygen atoms in total. The monoisotopic (exact) mass is 217 g/mol. The van der Waals surface area contributed by atoms with Crippen molar-refractivity contribution in [2.75, 3.05) is 39.4 Å². The molecule has 1 atom stereocenters. The minimum absolute atomic E-state index is 0.0110. The van der Waals surface area contributed by atoms with Crippen LogP contribution in [0, 0.1) is 5.92 Å². The summed E-state index contributed by atoms with van der Waals surface area (Å²) in [7, 11) is 0. The lowest BCUT2D eigenvalue weighted by Gasteiger charge is -2.31. The Morgan fingerprint density at radius 3 is 3.07 bits per heavy atom. The van der Waals surface area contributed by atoms with Gasteiger partial charge in [0.25, 0.3) is 0 Å². The minimum Gasteiger partial charge on any atom is -0.355 e. The number of likely N-dealkylation sites (tertiary alicyclic amines) is 1. The number of hydrogen-bond donors (Lipinski definition) is 2. The summed E-state index contributed by atoms with van der Waals surface area (Å²) in [5.41, 5.74) is 5.31. The van der Waals surface area contributed by atoms with Crippen molar-refractivity contribution in [2.24, 2.45) is 11.7 Å². The molecule has 15 heavy (non-hydrogen) atoms. The molecule has 0 radical (unpaired) electrons. The molecule has 1 unspecified atom stereocenters. The van der Waals surface area contributed by atoms with Gasteiger partial charge in [0.2, 0.25) is 5.91 Å². The molecule has 1 fully saturated rings. The van der Waals surface area contributed by atoms with Crippen molar-refractivity contribution in [1.29, 1.82) is 0 Å². The summed E-state index contributed by atoms with van der Waals surface area (Å²) in [6.45, 7) is 2.69. The summed E-state index contributed by atoms with van der Waals surface area (Å²) in [4.78, 5) is 13.6. The summed E-state index contributed by atoms with van der Waals surface area (Å²) in [6, 6.07) is 0. The van der Waals surface area contributed by atoms with Gasteiger partial charge in [-0.2, -0.15) is 0 Å². The van der Waals surface area contributed by atoms with Crippen LogP contribution in [0.25, 0.3) is 0 Å². The number of nitrogens with one attached hydrogen (secondary N) is 1. The van der Waals surface area contributed by atoms with Gasteiger partial charge in [-0.3, -0.25) is 9.69 Å². The third-order valence-corrected chi connectivity index (χ3v) is 2.72. The lowest BCUT2D eigenvalue weighted by molar-refractivity contribution is -0.126. The number of carbonyl (C=O) groups is 1. The normalized spacial score (nSPS) is 22.7. The number of hydrogen-bond acceptors (Lipinski definition) is 3. The maximum absolute atomic E-state index is 12.1. The van der Waals surface area contributed by atoms with Crippen LogP contribution in [0.5, 0.6) is 0 Å². The number of nitrogens with zero attached hydrogens (tertiary/aromatic N) is 1. The van der Waals surface area contributed by atoms with Crippen LogP contribution in [0.4, 0.5) is 4.39 Å². The topological polar surface area (TPSA) is 58.4 Å². The van der Waals surface area contributed by atoms with Gasteiger partial charge in [0.1, 0.15) is 6.67 Å². The van der Waals surface area contributed by atoms with Crippen LogP contribution in [-0.2, 0) is 4.79 Å². The lowest BCUT2D eigenvalue weighted by atomic mass is 9.97. The highest BCUT2D eigenvalue weighted by Crippen LogP contribution is 2.16. The van der Waals surface area contributed by atoms with Gasteiger partial charge in [-0.15, -0.1) is 0 Å². The van der Waals surface area contributed by atoms with Crippen molar-refractivity contribution in [2.45, 2.75) is 12.8 Å². The summed E-state index contributed by atoms with van der Waals surface area (Å²) < 4.78 is 12.1. The van der Waals surface area contributed by atoms with Crippen molar-refractivity contribution >= 4 is 5.91 Å². The smallest absolute Gasteiger partial charge is 0.224 e. The molecule has 0 saturated carbocycles. The Hall–Kier alpha value is -0.680. The summed E-state index contributed by atoms with van der Waals surface area (Å²) in [5, 5.41) is 2.78. The SMILES string of the molecule is NCCNC(=O)C1CCCN(CCF)C1. The molecule has 1 saturated heterocycles. The van der Waals surface area contributed by atoms with E-state index in [-0.39, 0.29) is 18.5 Å². The molecule has 1 rings (SSSR count). The summed E-state index contributed by atoms with van der Waals surface area (Å²) in [6.07, 6.45) is 1.87. The highest BCUT2D eigenvalue weighted by Gasteiger charge is 2.24. The van der Waals surface area contributed by atoms with E-state index < -0.39 is 0 Å². The van der Waals surface area contributed by atoms with E-state index in [4.69, 9.17) is 5.73 Å². The predicted molar refractivity (Wildman–Crippen MR) is 57.2 cm³/mol. The molecule has 1 amide bonds. The lowest BCUT2D eigenvalue weighted by Crippen LogP contribution is -2.44. The Kier molecular flexibility index (Phi) is 5.57. The first kappa shape index (κ1) is 12.4. The predicted octanol–water partition coefficient (Wildman–Crippen LogP) is -0.257. The van der Waals surface area contributed by atoms with Crippen LogP contribution in [0.15, 0.2) is 0 Å². The van der Waals surface area contributed by atoms with E-state index in [1.807, 2.05) is 4.90 Å². The molecule has 5 heteroatoms. The molecule has 0 aromatic carbocycles. The first-order valence-electron chi connectivity index (χ1n) is 5.54. The molecule has 0 aliphatic carbocycles. The largest absolute Gasteiger partial charge is 0.355 e. The first-order chi connectivity index (χ1) is 7.27. The van der Waals surface area contributed by atoms with Crippen molar-refractivity contribution < 1.29 is 9.18 Å². The zero-order chi connectivity index (χ0) is 11.1. The molecule has 3 N–H and O–H groups in total. The van der Waals surface area contributed by atoms with Gasteiger partial charge < -0.3 is 11.1 Å². The van der Waals surface area contributed by atoms with Crippen LogP contribution in [0.2, 0.25) is 0 Å². The Labute approximate surface area is 90.0 Å². The number of piperidine rings is 1. The fourth-order valence-electron chi connectivity index (χ4n) is 1.93. The highest BCUT2D eigenvalue weighted by molar-refractivity contribution is 5.78. The van der Waals surface area contributed by atoms with Crippen molar-refractivity contribution in [1.82, 2.24) is 10.2 Å². The van der Waals surface area contributed by atoms with E-state index in [1.54, 1.807) is 0 Å². The summed E-state index contributed by atoms with van der Waals surface area (Å²) in [5.74, 6) is 0.0702. The molecule has 1 heterocycles. The standard InChI is InChI=1S/C10H20FN3O/c11-3-7-14-6-1-2-9(8-14)10(15)13-5-4-12/h9H,1-8,12H2,(H,13,15). The molecule has 88 valence electrons. The third kappa shape index (κ3) is 4.13. The molecule has 0 spiro atoms. The van der Waals surface area contributed by atoms with Crippen LogP contribution in [-0.4, -0.2) is 50.2 Å². The van der Waals surface area contributed by atoms with Crippen molar-refractivity contribution in [3.8, 4) is 0 Å². The van der Waals surface area contributed by atoms with Gasteiger partial charge in [0.15, 0.2) is 0 Å². The third-order valence-electron chi connectivity index (χ3n) is 2.72. The van der Waals surface area contributed by atoms with Gasteiger partial charge in [-0.1, -0.05) is 0 Å². The number of alkyl halides is 1. The van der Waals surface area contributed by atoms with E-state index in [0.29, 0.717) is 26.2 Å². The fourth-order valence-corrected chi connectivity index (χ4v) is 1.93. The zero-order valence-electron chi connectivity index (χ0n) is 9.04. The maximum Gasteiger partial charge on any atom is 0.224 e. The quantitative estimate of drug-likeness (QED) is 0.667. The minimum atomic E-state index is -0.336. The van der Waals surface area contributed by atoms with E-state index in [0.717, 1.165) is 19.4 Å². The van der Waals surface area contributed by atoms with Gasteiger partial charge in [0, 0.05) is 26.2 Å². The van der Waals surface area contributed by atoms with Crippen LogP contribution >= 0.6 is 0 Å². The second kappa shape index (κ2) is 6.74. The first-order valence-corrected chi connectivity index (χ1v) is 5.54. The van der Waals surface area contributed by atoms with Crippen molar-refractivity contribution in [3.63, 3.8) is 0 Å². The summed E-state index contributed by atoms with van der Waals surface area (Å²) >= 11 is 0. The van der Waals surface area contributed by atoms with Crippen LogP contribution in [0.1, 0.15) is 12.8 Å². The Morgan fingerprint density at radius 2 is 2.40 bits per heavy atom. The van der Waals surface area contributed by atoms with E-state index in [1.165, 1.54) is 0 Å². The molecule has 1 aliphatic heterocycles. The van der Waals surface area contributed by atoms with Crippen LogP contribution in [0.3, 0.4) is 0 Å². The molecule has 1 aliphatic rings. The fraction of sp³-hybridized carbons (Fsp3) is 0.900. The molecule has 0 bridgehead atoms. The molecular weight excluding hydrogens is 197 g/mol. The Balaban J connectivity index is 2.31. The van der Waals surface area contributed by atoms with E-state index in [2.05, 4.69) is 5.32 Å². The van der Waals surface area contributed by atoms with E-state index >= 15 is 0 Å². The van der Waals surface area contributed by atoms with Crippen molar-refractivity contribution in [3.05, 3.63) is 0 Å². The average Bonchev–Trinajstić information content (AvgIpc) is 2.27. The second-order valence-electron chi connectivity index (χ2n) is 3.91. The van der Waals surface area contributed by atoms with E-state index in [9.17, 15) is 9.18 Å². The van der Waals surface area contributed by atoms with Crippen LogP contribution < -0.4 is 11.1 Å². The second-order valence-corrected chi connectivity index (χ2v) is 3.91. The maximum atomic E-state index is 12.1. The molecule has 0 aromatic rings. The van der Waals surface area contributed by atoms with Gasteiger partial charge in [-0.05, 0) is 19.4 Å². The number of carbonyl (C=O) groups excluding carboxylic acids is 1. The van der Waals surface area contributed by atoms with Gasteiger partial charge in [-0.25, -0.2) is 4.39 Å². The van der Waals surface area contributed by atoms with Gasteiger partial charge in [0.05, 0.1) is 5.92 Å². The highest BCUT2D eigenvalue weighted by atomic mass is 19.1. The number of nitrogens with two attached hydrogens (primary N) is 1. The Morgan fingerprint density at radius 1 is 1.60 bits per heavy atom. The average molecular weight is 217 g/mol. The number of halogens is 1. The molecular formula is C10H20FN3O. The molecule has 0 aromatic heterocycles. The Bertz CT molecular complexity index is 199. The number of amides is 1. The number of rotatable bonds is 5. The van der Waals surface area contributed by atoms with Gasteiger partial charge >= 0.3 is 0 Å².